The van der Waals surface area contributed by atoms with Gasteiger partial charge in [0.2, 0.25) is 0 Å². The number of rotatable bonds is 5. The molecule has 1 aromatic carbocycles. The summed E-state index contributed by atoms with van der Waals surface area (Å²) in [5.74, 6) is 1.87. The molecule has 114 valence electrons. The van der Waals surface area contributed by atoms with E-state index in [9.17, 15) is 0 Å². The maximum atomic E-state index is 4.37. The predicted octanol–water partition coefficient (Wildman–Crippen LogP) is 4.71. The second kappa shape index (κ2) is 6.67. The molecule has 0 bridgehead atoms. The van der Waals surface area contributed by atoms with Gasteiger partial charge >= 0.3 is 0 Å². The quantitative estimate of drug-likeness (QED) is 0.635. The highest BCUT2D eigenvalue weighted by molar-refractivity contribution is 7.98. The van der Waals surface area contributed by atoms with Gasteiger partial charge in [0.15, 0.2) is 11.0 Å². The second-order valence-corrected chi connectivity index (χ2v) is 7.17. The van der Waals surface area contributed by atoms with E-state index in [0.717, 1.165) is 23.2 Å². The average molecular weight is 329 g/mol. The van der Waals surface area contributed by atoms with E-state index in [4.69, 9.17) is 0 Å². The van der Waals surface area contributed by atoms with Gasteiger partial charge in [0.05, 0.1) is 0 Å². The van der Waals surface area contributed by atoms with Gasteiger partial charge in [-0.2, -0.15) is 0 Å². The summed E-state index contributed by atoms with van der Waals surface area (Å²) >= 11 is 3.52. The lowest BCUT2D eigenvalue weighted by molar-refractivity contribution is 0.794. The zero-order chi connectivity index (χ0) is 15.5. The van der Waals surface area contributed by atoms with Crippen LogP contribution in [0.1, 0.15) is 22.9 Å². The third kappa shape index (κ3) is 3.10. The van der Waals surface area contributed by atoms with Crippen LogP contribution in [0.2, 0.25) is 0 Å². The monoisotopic (exact) mass is 329 g/mol. The minimum absolute atomic E-state index is 0.919. The van der Waals surface area contributed by atoms with Crippen molar-refractivity contribution in [1.82, 2.24) is 14.8 Å². The average Bonchev–Trinajstić information content (AvgIpc) is 3.13. The first-order valence-electron chi connectivity index (χ1n) is 7.33. The number of benzene rings is 1. The first-order valence-corrected chi connectivity index (χ1v) is 9.20. The van der Waals surface area contributed by atoms with E-state index < -0.39 is 0 Å². The van der Waals surface area contributed by atoms with Crippen molar-refractivity contribution in [3.63, 3.8) is 0 Å². The van der Waals surface area contributed by atoms with Crippen LogP contribution in [0.5, 0.6) is 0 Å². The van der Waals surface area contributed by atoms with E-state index in [2.05, 4.69) is 64.3 Å². The van der Waals surface area contributed by atoms with Gasteiger partial charge in [0, 0.05) is 28.6 Å². The van der Waals surface area contributed by atoms with E-state index in [1.807, 2.05) is 7.05 Å². The standard InChI is InChI=1S/C17H19N3S2/c1-4-15-9-14(11-21-15)16-18-19-17(20(16)3)22-10-13-8-6-5-7-12(13)2/h5-9,11H,4,10H2,1-3H3. The van der Waals surface area contributed by atoms with Crippen LogP contribution in [0, 0.1) is 6.92 Å². The van der Waals surface area contributed by atoms with Crippen molar-refractivity contribution in [3.05, 3.63) is 51.7 Å². The molecule has 0 atom stereocenters. The molecule has 0 saturated heterocycles. The van der Waals surface area contributed by atoms with Crippen LogP contribution in [0.15, 0.2) is 40.9 Å². The number of aromatic nitrogens is 3. The fourth-order valence-corrected chi connectivity index (χ4v) is 4.09. The van der Waals surface area contributed by atoms with E-state index in [1.165, 1.54) is 21.6 Å². The zero-order valence-corrected chi connectivity index (χ0v) is 14.7. The lowest BCUT2D eigenvalue weighted by Gasteiger charge is -2.05. The molecule has 0 aliphatic carbocycles. The summed E-state index contributed by atoms with van der Waals surface area (Å²) in [5.41, 5.74) is 3.84. The SMILES string of the molecule is CCc1cc(-c2nnc(SCc3ccccc3C)n2C)cs1. The molecule has 0 fully saturated rings. The summed E-state index contributed by atoms with van der Waals surface area (Å²) in [6.45, 7) is 4.32. The molecule has 3 nitrogen and oxygen atoms in total. The van der Waals surface area contributed by atoms with Gasteiger partial charge < -0.3 is 4.57 Å². The van der Waals surface area contributed by atoms with Crippen molar-refractivity contribution < 1.29 is 0 Å². The van der Waals surface area contributed by atoms with Crippen molar-refractivity contribution in [2.75, 3.05) is 0 Å². The fourth-order valence-electron chi connectivity index (χ4n) is 2.29. The summed E-state index contributed by atoms with van der Waals surface area (Å²) in [6.07, 6.45) is 1.07. The molecular formula is C17H19N3S2. The van der Waals surface area contributed by atoms with Gasteiger partial charge in [0.25, 0.3) is 0 Å². The first kappa shape index (κ1) is 15.3. The van der Waals surface area contributed by atoms with Crippen LogP contribution in [0.25, 0.3) is 11.4 Å². The lowest BCUT2D eigenvalue weighted by Crippen LogP contribution is -1.95. The highest BCUT2D eigenvalue weighted by Crippen LogP contribution is 2.28. The molecule has 0 aliphatic rings. The van der Waals surface area contributed by atoms with Crippen LogP contribution in [-0.4, -0.2) is 14.8 Å². The molecule has 2 heterocycles. The molecule has 0 radical (unpaired) electrons. The Labute approximate surface area is 139 Å². The molecule has 0 spiro atoms. The van der Waals surface area contributed by atoms with Crippen molar-refractivity contribution in [3.8, 4) is 11.4 Å². The van der Waals surface area contributed by atoms with Gasteiger partial charge in [0.1, 0.15) is 0 Å². The van der Waals surface area contributed by atoms with E-state index in [0.29, 0.717) is 0 Å². The van der Waals surface area contributed by atoms with Gasteiger partial charge in [-0.25, -0.2) is 0 Å². The Balaban J connectivity index is 1.77. The smallest absolute Gasteiger partial charge is 0.191 e. The zero-order valence-electron chi connectivity index (χ0n) is 13.0. The maximum Gasteiger partial charge on any atom is 0.191 e. The van der Waals surface area contributed by atoms with Crippen molar-refractivity contribution in [1.29, 1.82) is 0 Å². The maximum absolute atomic E-state index is 4.37. The first-order chi connectivity index (χ1) is 10.7. The fraction of sp³-hybridized carbons (Fsp3) is 0.294. The van der Waals surface area contributed by atoms with Gasteiger partial charge in [-0.15, -0.1) is 21.5 Å². The largest absolute Gasteiger partial charge is 0.305 e. The van der Waals surface area contributed by atoms with Crippen LogP contribution >= 0.6 is 23.1 Å². The minimum Gasteiger partial charge on any atom is -0.305 e. The number of hydrogen-bond acceptors (Lipinski definition) is 4. The Morgan fingerprint density at radius 1 is 1.23 bits per heavy atom. The van der Waals surface area contributed by atoms with Gasteiger partial charge in [-0.1, -0.05) is 43.0 Å². The molecule has 0 saturated carbocycles. The van der Waals surface area contributed by atoms with Crippen LogP contribution in [0.4, 0.5) is 0 Å². The van der Waals surface area contributed by atoms with Crippen molar-refractivity contribution >= 4 is 23.1 Å². The molecule has 22 heavy (non-hydrogen) atoms. The van der Waals surface area contributed by atoms with E-state index >= 15 is 0 Å². The van der Waals surface area contributed by atoms with Gasteiger partial charge in [-0.05, 0) is 30.5 Å². The molecule has 2 aromatic heterocycles. The molecule has 0 N–H and O–H groups in total. The van der Waals surface area contributed by atoms with Crippen LogP contribution in [0.3, 0.4) is 0 Å². The molecule has 3 aromatic rings. The Kier molecular flexibility index (Phi) is 4.64. The molecule has 0 aliphatic heterocycles. The second-order valence-electron chi connectivity index (χ2n) is 5.24. The molecular weight excluding hydrogens is 310 g/mol. The van der Waals surface area contributed by atoms with Crippen molar-refractivity contribution in [2.45, 2.75) is 31.2 Å². The molecule has 0 amide bonds. The number of thioether (sulfide) groups is 1. The molecule has 3 rings (SSSR count). The van der Waals surface area contributed by atoms with Crippen molar-refractivity contribution in [2.24, 2.45) is 7.05 Å². The van der Waals surface area contributed by atoms with Crippen LogP contribution in [-0.2, 0) is 19.2 Å². The van der Waals surface area contributed by atoms with E-state index in [1.54, 1.807) is 23.1 Å². The summed E-state index contributed by atoms with van der Waals surface area (Å²) in [7, 11) is 2.04. The van der Waals surface area contributed by atoms with E-state index in [-0.39, 0.29) is 0 Å². The number of hydrogen-bond donors (Lipinski definition) is 0. The third-order valence-electron chi connectivity index (χ3n) is 3.71. The molecule has 5 heteroatoms. The minimum atomic E-state index is 0.919. The lowest BCUT2D eigenvalue weighted by atomic mass is 10.1. The Morgan fingerprint density at radius 2 is 2.05 bits per heavy atom. The highest BCUT2D eigenvalue weighted by Gasteiger charge is 2.13. The Hall–Kier alpha value is -1.59. The van der Waals surface area contributed by atoms with Crippen LogP contribution < -0.4 is 0 Å². The molecule has 0 unspecified atom stereocenters. The normalized spacial score (nSPS) is 11.0. The number of aryl methyl sites for hydroxylation is 2. The summed E-state index contributed by atoms with van der Waals surface area (Å²) in [6, 6.07) is 10.7. The topological polar surface area (TPSA) is 30.7 Å². The third-order valence-corrected chi connectivity index (χ3v) is 5.86. The summed E-state index contributed by atoms with van der Waals surface area (Å²) in [4.78, 5) is 1.38. The summed E-state index contributed by atoms with van der Waals surface area (Å²) < 4.78 is 2.09. The Bertz CT molecular complexity index is 774. The Morgan fingerprint density at radius 3 is 2.77 bits per heavy atom. The number of thiophene rings is 1. The van der Waals surface area contributed by atoms with Gasteiger partial charge in [-0.3, -0.25) is 0 Å². The highest BCUT2D eigenvalue weighted by atomic mass is 32.2. The summed E-state index contributed by atoms with van der Waals surface area (Å²) in [5, 5.41) is 11.8. The predicted molar refractivity (Wildman–Crippen MR) is 94.4 cm³/mol. The number of nitrogens with zero attached hydrogens (tertiary/aromatic N) is 3.